The fraction of sp³-hybridized carbons (Fsp3) is 0.900. The van der Waals surface area contributed by atoms with Crippen molar-refractivity contribution >= 4 is 16.0 Å². The van der Waals surface area contributed by atoms with Crippen LogP contribution in [0.5, 0.6) is 0 Å². The maximum Gasteiger partial charge on any atom is 0.344 e. The molecule has 0 aliphatic carbocycles. The van der Waals surface area contributed by atoms with Crippen LogP contribution in [-0.2, 0) is 19.7 Å². The van der Waals surface area contributed by atoms with E-state index in [1.807, 2.05) is 11.8 Å². The first-order chi connectivity index (χ1) is 8.55. The highest BCUT2D eigenvalue weighted by atomic mass is 32.2. The normalized spacial score (nSPS) is 20.6. The molecule has 7 nitrogen and oxygen atoms in total. The van der Waals surface area contributed by atoms with Gasteiger partial charge in [-0.2, -0.15) is 0 Å². The molecular weight excluding hydrogens is 258 g/mol. The molecule has 0 aromatic rings. The number of sulfonamides is 1. The molecule has 0 amide bonds. The number of hydrogen-bond acceptors (Lipinski definition) is 6. The second-order valence-corrected chi connectivity index (χ2v) is 6.05. The van der Waals surface area contributed by atoms with Gasteiger partial charge in [0.1, 0.15) is 6.04 Å². The lowest BCUT2D eigenvalue weighted by atomic mass is 10.2. The molecule has 3 N–H and O–H groups in total. The molecule has 0 spiro atoms. The molecule has 1 rings (SSSR count). The van der Waals surface area contributed by atoms with Crippen molar-refractivity contribution in [2.45, 2.75) is 32.2 Å². The lowest BCUT2D eigenvalue weighted by molar-refractivity contribution is -0.149. The molecule has 1 heterocycles. The molecule has 1 aliphatic heterocycles. The number of nitrogens with one attached hydrogen (secondary N) is 3. The highest BCUT2D eigenvalue weighted by molar-refractivity contribution is 7.89. The lowest BCUT2D eigenvalue weighted by Gasteiger charge is -2.22. The minimum atomic E-state index is -3.53. The number of hydrogen-bond donors (Lipinski definition) is 3. The Bertz CT molecular complexity index is 352. The van der Waals surface area contributed by atoms with Gasteiger partial charge >= 0.3 is 5.97 Å². The van der Waals surface area contributed by atoms with Crippen molar-refractivity contribution in [1.29, 1.82) is 0 Å². The van der Waals surface area contributed by atoms with E-state index < -0.39 is 22.0 Å². The van der Waals surface area contributed by atoms with Crippen molar-refractivity contribution in [3.63, 3.8) is 0 Å². The van der Waals surface area contributed by atoms with Gasteiger partial charge in [-0.25, -0.2) is 13.2 Å². The summed E-state index contributed by atoms with van der Waals surface area (Å²) in [6.45, 7) is 3.87. The minimum absolute atomic E-state index is 0.0233. The van der Waals surface area contributed by atoms with E-state index in [2.05, 4.69) is 15.5 Å². The van der Waals surface area contributed by atoms with E-state index in [4.69, 9.17) is 0 Å². The fourth-order valence-electron chi connectivity index (χ4n) is 1.58. The summed E-state index contributed by atoms with van der Waals surface area (Å²) in [4.78, 5) is 18.0. The van der Waals surface area contributed by atoms with Gasteiger partial charge in [0.15, 0.2) is 0 Å². The summed E-state index contributed by atoms with van der Waals surface area (Å²) in [5, 5.41) is 5.95. The predicted octanol–water partition coefficient (Wildman–Crippen LogP) is -0.884. The highest BCUT2D eigenvalue weighted by Crippen LogP contribution is 1.98. The highest BCUT2D eigenvalue weighted by Gasteiger charge is 2.23. The average Bonchev–Trinajstić information content (AvgIpc) is 2.37. The minimum Gasteiger partial charge on any atom is -0.354 e. The van der Waals surface area contributed by atoms with Gasteiger partial charge in [-0.15, -0.1) is 0 Å². The first kappa shape index (κ1) is 15.4. The van der Waals surface area contributed by atoms with Gasteiger partial charge in [-0.05, 0) is 11.3 Å². The summed E-state index contributed by atoms with van der Waals surface area (Å²) < 4.78 is 22.9. The number of piperazine rings is 1. The van der Waals surface area contributed by atoms with Crippen molar-refractivity contribution in [2.75, 3.05) is 25.4 Å². The Kier molecular flexibility index (Phi) is 6.55. The zero-order chi connectivity index (χ0) is 13.4. The average molecular weight is 279 g/mol. The maximum atomic E-state index is 11.5. The van der Waals surface area contributed by atoms with E-state index in [0.29, 0.717) is 19.5 Å². The van der Waals surface area contributed by atoms with Gasteiger partial charge in [0.25, 0.3) is 0 Å². The lowest BCUT2D eigenvalue weighted by Crippen LogP contribution is -2.53. The van der Waals surface area contributed by atoms with E-state index >= 15 is 0 Å². The van der Waals surface area contributed by atoms with Crippen LogP contribution < -0.4 is 15.5 Å². The fourth-order valence-corrected chi connectivity index (χ4v) is 2.46. The van der Waals surface area contributed by atoms with E-state index in [1.165, 1.54) is 0 Å². The van der Waals surface area contributed by atoms with Crippen LogP contribution in [0, 0.1) is 0 Å². The molecule has 18 heavy (non-hydrogen) atoms. The van der Waals surface area contributed by atoms with Gasteiger partial charge < -0.3 is 15.5 Å². The second-order valence-electron chi connectivity index (χ2n) is 4.24. The molecule has 8 heteroatoms. The number of rotatable bonds is 7. The molecule has 0 aromatic carbocycles. The first-order valence-corrected chi connectivity index (χ1v) is 7.84. The molecule has 1 aliphatic rings. The summed E-state index contributed by atoms with van der Waals surface area (Å²) in [6, 6.07) is -0.503. The second kappa shape index (κ2) is 7.67. The van der Waals surface area contributed by atoms with Crippen LogP contribution >= 0.6 is 0 Å². The zero-order valence-corrected chi connectivity index (χ0v) is 11.4. The molecule has 0 aromatic heterocycles. The summed E-state index contributed by atoms with van der Waals surface area (Å²) >= 11 is 0. The third-order valence-electron chi connectivity index (χ3n) is 2.61. The van der Waals surface area contributed by atoms with Crippen molar-refractivity contribution < 1.29 is 18.0 Å². The smallest absolute Gasteiger partial charge is 0.344 e. The SMILES string of the molecule is CCCCCS(=O)(=O)NOC(=O)C1CNCCN1. The third-order valence-corrected chi connectivity index (χ3v) is 3.77. The van der Waals surface area contributed by atoms with Crippen LogP contribution in [0.1, 0.15) is 26.2 Å². The number of carbonyl (C=O) groups excluding carboxylic acids is 1. The zero-order valence-electron chi connectivity index (χ0n) is 10.6. The standard InChI is InChI=1S/C10H21N3O4S/c1-2-3-4-7-18(15,16)13-17-10(14)9-8-11-5-6-12-9/h9,11-13H,2-8H2,1H3. The molecule has 1 atom stereocenters. The van der Waals surface area contributed by atoms with Crippen molar-refractivity contribution in [1.82, 2.24) is 15.5 Å². The molecule has 0 bridgehead atoms. The van der Waals surface area contributed by atoms with Crippen molar-refractivity contribution in [3.8, 4) is 0 Å². The molecule has 1 fully saturated rings. The van der Waals surface area contributed by atoms with Crippen molar-refractivity contribution in [3.05, 3.63) is 0 Å². The van der Waals surface area contributed by atoms with E-state index in [1.54, 1.807) is 0 Å². The largest absolute Gasteiger partial charge is 0.354 e. The predicted molar refractivity (Wildman–Crippen MR) is 67.2 cm³/mol. The summed E-state index contributed by atoms with van der Waals surface area (Å²) in [5.41, 5.74) is 0. The number of carbonyl (C=O) groups is 1. The molecule has 0 saturated carbocycles. The van der Waals surface area contributed by atoms with Crippen LogP contribution in [0.15, 0.2) is 0 Å². The maximum absolute atomic E-state index is 11.5. The Morgan fingerprint density at radius 1 is 1.39 bits per heavy atom. The summed E-state index contributed by atoms with van der Waals surface area (Å²) in [5.74, 6) is -0.633. The van der Waals surface area contributed by atoms with E-state index in [0.717, 1.165) is 19.4 Å². The Morgan fingerprint density at radius 2 is 2.17 bits per heavy atom. The quantitative estimate of drug-likeness (QED) is 0.413. The van der Waals surface area contributed by atoms with Crippen LogP contribution in [-0.4, -0.2) is 45.8 Å². The van der Waals surface area contributed by atoms with Gasteiger partial charge in [0.2, 0.25) is 10.0 Å². The van der Waals surface area contributed by atoms with Gasteiger partial charge in [0.05, 0.1) is 5.75 Å². The molecule has 1 saturated heterocycles. The molecule has 106 valence electrons. The van der Waals surface area contributed by atoms with Crippen LogP contribution in [0.3, 0.4) is 0 Å². The van der Waals surface area contributed by atoms with E-state index in [-0.39, 0.29) is 5.75 Å². The summed E-state index contributed by atoms with van der Waals surface area (Å²) in [7, 11) is -3.53. The topological polar surface area (TPSA) is 96.5 Å². The Morgan fingerprint density at radius 3 is 2.78 bits per heavy atom. The Hall–Kier alpha value is -0.700. The molecule has 1 unspecified atom stereocenters. The van der Waals surface area contributed by atoms with Gasteiger partial charge in [0, 0.05) is 19.6 Å². The Balaban J connectivity index is 2.27. The third kappa shape index (κ3) is 5.76. The van der Waals surface area contributed by atoms with Crippen LogP contribution in [0.2, 0.25) is 0 Å². The van der Waals surface area contributed by atoms with E-state index in [9.17, 15) is 13.2 Å². The monoisotopic (exact) mass is 279 g/mol. The van der Waals surface area contributed by atoms with Gasteiger partial charge in [-0.3, -0.25) is 0 Å². The summed E-state index contributed by atoms with van der Waals surface area (Å²) in [6.07, 6.45) is 2.34. The number of unbranched alkanes of at least 4 members (excludes halogenated alkanes) is 2. The van der Waals surface area contributed by atoms with Crippen molar-refractivity contribution in [2.24, 2.45) is 0 Å². The van der Waals surface area contributed by atoms with Crippen LogP contribution in [0.25, 0.3) is 0 Å². The Labute approximate surface area is 108 Å². The van der Waals surface area contributed by atoms with Crippen LogP contribution in [0.4, 0.5) is 0 Å². The first-order valence-electron chi connectivity index (χ1n) is 6.19. The molecular formula is C10H21N3O4S. The van der Waals surface area contributed by atoms with Gasteiger partial charge in [-0.1, -0.05) is 19.8 Å². The molecule has 0 radical (unpaired) electrons.